The molecule has 1 aliphatic rings. The minimum Gasteiger partial charge on any atom is -0.481 e. The van der Waals surface area contributed by atoms with E-state index in [1.807, 2.05) is 0 Å². The number of hydrogen-bond acceptors (Lipinski definition) is 6. The third-order valence-electron chi connectivity index (χ3n) is 4.41. The fourth-order valence-electron chi connectivity index (χ4n) is 3.05. The fourth-order valence-corrected chi connectivity index (χ4v) is 3.05. The molecule has 0 saturated carbocycles. The molecule has 6 N–H and O–H groups in total. The van der Waals surface area contributed by atoms with Crippen molar-refractivity contribution in [2.45, 2.75) is 63.1 Å². The van der Waals surface area contributed by atoms with Crippen molar-refractivity contribution in [2.24, 2.45) is 5.73 Å². The normalized spacial score (nSPS) is 19.1. The Bertz CT molecular complexity index is 526. The van der Waals surface area contributed by atoms with Crippen LogP contribution in [-0.4, -0.2) is 75.2 Å². The molecule has 0 aliphatic carbocycles. The summed E-state index contributed by atoms with van der Waals surface area (Å²) in [6.45, 7) is 0.674. The van der Waals surface area contributed by atoms with Gasteiger partial charge in [0.2, 0.25) is 5.91 Å². The lowest BCUT2D eigenvalue weighted by molar-refractivity contribution is -0.150. The highest BCUT2D eigenvalue weighted by Gasteiger charge is 2.38. The summed E-state index contributed by atoms with van der Waals surface area (Å²) in [7, 11) is 0. The smallest absolute Gasteiger partial charge is 0.326 e. The van der Waals surface area contributed by atoms with Gasteiger partial charge in [-0.05, 0) is 38.6 Å². The summed E-state index contributed by atoms with van der Waals surface area (Å²) in [4.78, 5) is 47.6. The van der Waals surface area contributed by atoms with Gasteiger partial charge >= 0.3 is 17.9 Å². The number of carbonyl (C=O) groups is 4. The molecular formula is C16H27N3O7. The van der Waals surface area contributed by atoms with Crippen molar-refractivity contribution < 1.29 is 34.5 Å². The maximum Gasteiger partial charge on any atom is 0.326 e. The van der Waals surface area contributed by atoms with E-state index in [-0.39, 0.29) is 25.8 Å². The second kappa shape index (κ2) is 10.7. The SMILES string of the molecule is NCCCCC(N[C@@H](CCC(=O)O)C(=O)N1CCC[C@H]1C(=O)O)C(=O)O. The number of amides is 1. The van der Waals surface area contributed by atoms with Crippen LogP contribution in [0.1, 0.15) is 44.9 Å². The number of aliphatic carboxylic acids is 3. The van der Waals surface area contributed by atoms with Crippen molar-refractivity contribution >= 4 is 23.8 Å². The number of rotatable bonds is 12. The number of unbranched alkanes of at least 4 members (excludes halogenated alkanes) is 1. The van der Waals surface area contributed by atoms with Crippen molar-refractivity contribution in [2.75, 3.05) is 13.1 Å². The molecule has 10 nitrogen and oxygen atoms in total. The van der Waals surface area contributed by atoms with Crippen LogP contribution < -0.4 is 11.1 Å². The van der Waals surface area contributed by atoms with Gasteiger partial charge in [-0.1, -0.05) is 6.42 Å². The Morgan fingerprint density at radius 3 is 2.31 bits per heavy atom. The molecule has 1 aliphatic heterocycles. The Labute approximate surface area is 151 Å². The molecule has 1 unspecified atom stereocenters. The molecule has 3 atom stereocenters. The van der Waals surface area contributed by atoms with Crippen molar-refractivity contribution in [3.63, 3.8) is 0 Å². The van der Waals surface area contributed by atoms with Gasteiger partial charge in [0.1, 0.15) is 12.1 Å². The average Bonchev–Trinajstić information content (AvgIpc) is 3.06. The van der Waals surface area contributed by atoms with Crippen molar-refractivity contribution in [3.8, 4) is 0 Å². The minimum atomic E-state index is -1.15. The minimum absolute atomic E-state index is 0.113. The topological polar surface area (TPSA) is 170 Å². The molecule has 0 bridgehead atoms. The molecule has 1 heterocycles. The lowest BCUT2D eigenvalue weighted by Crippen LogP contribution is -2.54. The second-order valence-electron chi connectivity index (χ2n) is 6.35. The van der Waals surface area contributed by atoms with Gasteiger partial charge in [0.25, 0.3) is 0 Å². The summed E-state index contributed by atoms with van der Waals surface area (Å²) >= 11 is 0. The first-order chi connectivity index (χ1) is 12.3. The molecule has 148 valence electrons. The van der Waals surface area contributed by atoms with Gasteiger partial charge in [-0.3, -0.25) is 19.7 Å². The molecule has 26 heavy (non-hydrogen) atoms. The van der Waals surface area contributed by atoms with Crippen molar-refractivity contribution in [1.82, 2.24) is 10.2 Å². The third kappa shape index (κ3) is 6.60. The zero-order valence-corrected chi connectivity index (χ0v) is 14.6. The van der Waals surface area contributed by atoms with E-state index in [0.29, 0.717) is 32.2 Å². The number of nitrogens with two attached hydrogens (primary N) is 1. The Kier molecular flexibility index (Phi) is 9.00. The van der Waals surface area contributed by atoms with Gasteiger partial charge in [0, 0.05) is 13.0 Å². The zero-order valence-electron chi connectivity index (χ0n) is 14.6. The number of carbonyl (C=O) groups excluding carboxylic acids is 1. The lowest BCUT2D eigenvalue weighted by atomic mass is 10.0. The summed E-state index contributed by atoms with van der Waals surface area (Å²) in [6, 6.07) is -3.06. The summed E-state index contributed by atoms with van der Waals surface area (Å²) in [5, 5.41) is 30.2. The van der Waals surface area contributed by atoms with Crippen molar-refractivity contribution in [3.05, 3.63) is 0 Å². The summed E-state index contributed by atoms with van der Waals surface area (Å²) in [6.07, 6.45) is 1.83. The summed E-state index contributed by atoms with van der Waals surface area (Å²) in [5.74, 6) is -3.95. The highest BCUT2D eigenvalue weighted by Crippen LogP contribution is 2.20. The van der Waals surface area contributed by atoms with Crippen LogP contribution in [0.3, 0.4) is 0 Å². The zero-order chi connectivity index (χ0) is 19.7. The third-order valence-corrected chi connectivity index (χ3v) is 4.41. The quantitative estimate of drug-likeness (QED) is 0.282. The largest absolute Gasteiger partial charge is 0.481 e. The fraction of sp³-hybridized carbons (Fsp3) is 0.750. The number of carboxylic acid groups (broad SMARTS) is 3. The van der Waals surface area contributed by atoms with Crippen LogP contribution in [0.2, 0.25) is 0 Å². The maximum atomic E-state index is 12.8. The highest BCUT2D eigenvalue weighted by atomic mass is 16.4. The summed E-state index contributed by atoms with van der Waals surface area (Å²) in [5.41, 5.74) is 5.40. The highest BCUT2D eigenvalue weighted by molar-refractivity contribution is 5.88. The van der Waals surface area contributed by atoms with Gasteiger partial charge in [-0.2, -0.15) is 0 Å². The van der Waals surface area contributed by atoms with Crippen LogP contribution in [0, 0.1) is 0 Å². The van der Waals surface area contributed by atoms with E-state index in [1.165, 1.54) is 4.90 Å². The molecular weight excluding hydrogens is 346 g/mol. The summed E-state index contributed by atoms with van der Waals surface area (Å²) < 4.78 is 0. The van der Waals surface area contributed by atoms with E-state index < -0.39 is 41.9 Å². The van der Waals surface area contributed by atoms with Gasteiger partial charge in [-0.25, -0.2) is 4.79 Å². The standard InChI is InChI=1S/C16H27N3O7/c17-8-2-1-4-11(15(23)24)18-10(6-7-13(20)21)14(22)19-9-3-5-12(19)16(25)26/h10-12,18H,1-9,17H2,(H,20,21)(H,23,24)(H,25,26)/t10-,11?,12-/m0/s1. The maximum absolute atomic E-state index is 12.8. The Hall–Kier alpha value is -2.20. The van der Waals surface area contributed by atoms with E-state index in [4.69, 9.17) is 10.8 Å². The van der Waals surface area contributed by atoms with Crippen LogP contribution in [0.25, 0.3) is 0 Å². The number of likely N-dealkylation sites (tertiary alicyclic amines) is 1. The molecule has 1 amide bonds. The van der Waals surface area contributed by atoms with E-state index in [1.54, 1.807) is 0 Å². The van der Waals surface area contributed by atoms with E-state index in [0.717, 1.165) is 0 Å². The van der Waals surface area contributed by atoms with Crippen LogP contribution in [0.15, 0.2) is 0 Å². The molecule has 0 aromatic rings. The van der Waals surface area contributed by atoms with Gasteiger partial charge in [-0.15, -0.1) is 0 Å². The van der Waals surface area contributed by atoms with E-state index >= 15 is 0 Å². The molecule has 10 heteroatoms. The van der Waals surface area contributed by atoms with Gasteiger partial charge in [0.05, 0.1) is 6.04 Å². The van der Waals surface area contributed by atoms with Crippen LogP contribution >= 0.6 is 0 Å². The van der Waals surface area contributed by atoms with Crippen LogP contribution in [0.4, 0.5) is 0 Å². The number of nitrogens with one attached hydrogen (secondary N) is 1. The second-order valence-corrected chi connectivity index (χ2v) is 6.35. The predicted molar refractivity (Wildman–Crippen MR) is 90.5 cm³/mol. The molecule has 0 aromatic heterocycles. The average molecular weight is 373 g/mol. The van der Waals surface area contributed by atoms with Gasteiger partial charge in [0.15, 0.2) is 0 Å². The van der Waals surface area contributed by atoms with Crippen LogP contribution in [-0.2, 0) is 19.2 Å². The first kappa shape index (κ1) is 21.8. The van der Waals surface area contributed by atoms with Crippen LogP contribution in [0.5, 0.6) is 0 Å². The lowest BCUT2D eigenvalue weighted by Gasteiger charge is -2.29. The molecule has 0 aromatic carbocycles. The first-order valence-corrected chi connectivity index (χ1v) is 8.72. The Morgan fingerprint density at radius 2 is 1.77 bits per heavy atom. The molecule has 1 rings (SSSR count). The van der Waals surface area contributed by atoms with Crippen molar-refractivity contribution in [1.29, 1.82) is 0 Å². The predicted octanol–water partition coefficient (Wildman–Crippen LogP) is -0.533. The number of carboxylic acids is 3. The number of nitrogens with zero attached hydrogens (tertiary/aromatic N) is 1. The van der Waals surface area contributed by atoms with E-state index in [2.05, 4.69) is 5.32 Å². The molecule has 0 spiro atoms. The molecule has 0 radical (unpaired) electrons. The Morgan fingerprint density at radius 1 is 1.08 bits per heavy atom. The molecule has 1 saturated heterocycles. The Balaban J connectivity index is 2.87. The van der Waals surface area contributed by atoms with E-state index in [9.17, 15) is 29.4 Å². The molecule has 1 fully saturated rings. The number of hydrogen-bond donors (Lipinski definition) is 5. The first-order valence-electron chi connectivity index (χ1n) is 8.72. The van der Waals surface area contributed by atoms with Gasteiger partial charge < -0.3 is 26.0 Å². The monoisotopic (exact) mass is 373 g/mol.